The summed E-state index contributed by atoms with van der Waals surface area (Å²) in [6.45, 7) is 0.243. The molecule has 0 aliphatic heterocycles. The Labute approximate surface area is 202 Å². The maximum atomic E-state index is 12.4. The van der Waals surface area contributed by atoms with Gasteiger partial charge in [0.25, 0.3) is 11.6 Å². The van der Waals surface area contributed by atoms with E-state index < -0.39 is 10.8 Å². The molecule has 3 aromatic rings. The number of hydrogen-bond acceptors (Lipinski definition) is 5. The van der Waals surface area contributed by atoms with E-state index in [2.05, 4.69) is 27.9 Å². The van der Waals surface area contributed by atoms with Crippen LogP contribution < -0.4 is 10.1 Å². The average Bonchev–Trinajstić information content (AvgIpc) is 2.78. The first kappa shape index (κ1) is 23.2. The molecule has 0 aliphatic rings. The summed E-state index contributed by atoms with van der Waals surface area (Å²) in [5, 5.41) is 23.1. The number of nitrogens with zero attached hydrogens (tertiary/aromatic N) is 2. The molecule has 0 saturated carbocycles. The van der Waals surface area contributed by atoms with Gasteiger partial charge in [-0.25, -0.2) is 0 Å². The number of nitro groups is 1. The van der Waals surface area contributed by atoms with E-state index in [1.54, 1.807) is 54.6 Å². The molecule has 1 amide bonds. The zero-order valence-electron chi connectivity index (χ0n) is 16.4. The molecule has 1 N–H and O–H groups in total. The van der Waals surface area contributed by atoms with E-state index in [0.717, 1.165) is 9.13 Å². The number of halogens is 2. The van der Waals surface area contributed by atoms with E-state index in [1.165, 1.54) is 18.2 Å². The Kier molecular flexibility index (Phi) is 7.81. The number of nitriles is 1. The van der Waals surface area contributed by atoms with Crippen LogP contribution in [0.3, 0.4) is 0 Å². The number of amides is 1. The van der Waals surface area contributed by atoms with Crippen LogP contribution in [-0.2, 0) is 11.4 Å². The topological polar surface area (TPSA) is 105 Å². The second kappa shape index (κ2) is 10.7. The molecule has 0 aliphatic carbocycles. The molecule has 3 rings (SSSR count). The number of anilines is 1. The number of carbonyl (C=O) groups is 1. The van der Waals surface area contributed by atoms with Crippen LogP contribution in [0.25, 0.3) is 6.08 Å². The molecular weight excluding hydrogens is 545 g/mol. The molecule has 0 spiro atoms. The van der Waals surface area contributed by atoms with E-state index in [1.807, 2.05) is 6.07 Å². The molecule has 0 saturated heterocycles. The lowest BCUT2D eigenvalue weighted by molar-refractivity contribution is -0.384. The molecule has 0 radical (unpaired) electrons. The van der Waals surface area contributed by atoms with Crippen molar-refractivity contribution in [1.82, 2.24) is 0 Å². The van der Waals surface area contributed by atoms with Crippen molar-refractivity contribution in [3.8, 4) is 11.8 Å². The SMILES string of the molecule is N#C/C(=C\c1ccc(OCc2ccc([N+](=O)[O-])cc2)c(I)c1)C(=O)Nc1ccccc1Cl. The van der Waals surface area contributed by atoms with E-state index >= 15 is 0 Å². The highest BCUT2D eigenvalue weighted by Crippen LogP contribution is 2.25. The van der Waals surface area contributed by atoms with Gasteiger partial charge in [0.1, 0.15) is 24.0 Å². The summed E-state index contributed by atoms with van der Waals surface area (Å²) in [4.78, 5) is 22.7. The number of hydrogen-bond donors (Lipinski definition) is 1. The van der Waals surface area contributed by atoms with E-state index in [4.69, 9.17) is 16.3 Å². The van der Waals surface area contributed by atoms with Crippen molar-refractivity contribution in [1.29, 1.82) is 5.26 Å². The van der Waals surface area contributed by atoms with Crippen LogP contribution in [0.2, 0.25) is 5.02 Å². The van der Waals surface area contributed by atoms with Gasteiger partial charge in [-0.1, -0.05) is 29.8 Å². The Hall–Kier alpha value is -3.42. The first-order chi connectivity index (χ1) is 15.4. The van der Waals surface area contributed by atoms with Gasteiger partial charge >= 0.3 is 0 Å². The predicted octanol–water partition coefficient (Wildman–Crippen LogP) is 5.98. The van der Waals surface area contributed by atoms with Crippen LogP contribution in [0.4, 0.5) is 11.4 Å². The summed E-state index contributed by atoms with van der Waals surface area (Å²) in [6.07, 6.45) is 1.48. The van der Waals surface area contributed by atoms with Crippen molar-refractivity contribution < 1.29 is 14.5 Å². The molecule has 32 heavy (non-hydrogen) atoms. The summed E-state index contributed by atoms with van der Waals surface area (Å²) in [5.41, 5.74) is 1.82. The third-order valence-electron chi connectivity index (χ3n) is 4.30. The highest BCUT2D eigenvalue weighted by molar-refractivity contribution is 14.1. The Bertz CT molecular complexity index is 1240. The average molecular weight is 560 g/mol. The maximum absolute atomic E-state index is 12.4. The molecule has 0 fully saturated rings. The molecule has 160 valence electrons. The van der Waals surface area contributed by atoms with Crippen LogP contribution in [0, 0.1) is 25.0 Å². The summed E-state index contributed by atoms with van der Waals surface area (Å²) in [6, 6.07) is 20.0. The molecule has 7 nitrogen and oxygen atoms in total. The van der Waals surface area contributed by atoms with Crippen LogP contribution in [0.5, 0.6) is 5.75 Å². The Morgan fingerprint density at radius 2 is 1.91 bits per heavy atom. The minimum absolute atomic E-state index is 0.0198. The number of benzene rings is 3. The van der Waals surface area contributed by atoms with Gasteiger partial charge in [0.15, 0.2) is 0 Å². The number of ether oxygens (including phenoxy) is 1. The van der Waals surface area contributed by atoms with Crippen LogP contribution >= 0.6 is 34.2 Å². The quantitative estimate of drug-likeness (QED) is 0.126. The summed E-state index contributed by atoms with van der Waals surface area (Å²) >= 11 is 8.15. The van der Waals surface area contributed by atoms with Gasteiger partial charge in [-0.2, -0.15) is 5.26 Å². The highest BCUT2D eigenvalue weighted by Gasteiger charge is 2.12. The van der Waals surface area contributed by atoms with Gasteiger partial charge in [-0.3, -0.25) is 14.9 Å². The molecule has 0 aromatic heterocycles. The molecule has 0 unspecified atom stereocenters. The molecule has 0 atom stereocenters. The fourth-order valence-electron chi connectivity index (χ4n) is 2.67. The van der Waals surface area contributed by atoms with Crippen molar-refractivity contribution in [3.05, 3.63) is 102 Å². The molecule has 3 aromatic carbocycles. The minimum Gasteiger partial charge on any atom is -0.488 e. The van der Waals surface area contributed by atoms with E-state index in [9.17, 15) is 20.2 Å². The van der Waals surface area contributed by atoms with Crippen molar-refractivity contribution in [2.24, 2.45) is 0 Å². The smallest absolute Gasteiger partial charge is 0.269 e. The summed E-state index contributed by atoms with van der Waals surface area (Å²) in [5.74, 6) is 0.0502. The fourth-order valence-corrected chi connectivity index (χ4v) is 3.54. The monoisotopic (exact) mass is 559 g/mol. The van der Waals surface area contributed by atoms with Crippen molar-refractivity contribution in [2.45, 2.75) is 6.61 Å². The first-order valence-electron chi connectivity index (χ1n) is 9.20. The van der Waals surface area contributed by atoms with E-state index in [-0.39, 0.29) is 17.9 Å². The number of nitrogens with one attached hydrogen (secondary N) is 1. The lowest BCUT2D eigenvalue weighted by atomic mass is 10.1. The predicted molar refractivity (Wildman–Crippen MR) is 130 cm³/mol. The van der Waals surface area contributed by atoms with Gasteiger partial charge < -0.3 is 10.1 Å². The van der Waals surface area contributed by atoms with Crippen molar-refractivity contribution >= 4 is 57.5 Å². The third kappa shape index (κ3) is 6.06. The van der Waals surface area contributed by atoms with Crippen LogP contribution in [-0.4, -0.2) is 10.8 Å². The number of non-ortho nitro benzene ring substituents is 1. The minimum atomic E-state index is -0.561. The Balaban J connectivity index is 1.69. The Morgan fingerprint density at radius 3 is 2.53 bits per heavy atom. The van der Waals surface area contributed by atoms with Crippen LogP contribution in [0.1, 0.15) is 11.1 Å². The summed E-state index contributed by atoms with van der Waals surface area (Å²) < 4.78 is 6.57. The molecule has 9 heteroatoms. The Morgan fingerprint density at radius 1 is 1.19 bits per heavy atom. The zero-order valence-corrected chi connectivity index (χ0v) is 19.3. The summed E-state index contributed by atoms with van der Waals surface area (Å²) in [7, 11) is 0. The van der Waals surface area contributed by atoms with Crippen molar-refractivity contribution in [2.75, 3.05) is 5.32 Å². The molecule has 0 heterocycles. The lowest BCUT2D eigenvalue weighted by Gasteiger charge is -2.09. The number of para-hydroxylation sites is 1. The van der Waals surface area contributed by atoms with Gasteiger partial charge in [0.2, 0.25) is 0 Å². The number of carbonyl (C=O) groups excluding carboxylic acids is 1. The standard InChI is InChI=1S/C23H15ClIN3O4/c24-19-3-1-2-4-21(19)27-23(29)17(13-26)11-16-7-10-22(20(25)12-16)32-14-15-5-8-18(9-6-15)28(30)31/h1-12H,14H2,(H,27,29)/b17-11+. The van der Waals surface area contributed by atoms with Crippen molar-refractivity contribution in [3.63, 3.8) is 0 Å². The zero-order chi connectivity index (χ0) is 23.1. The molecule has 0 bridgehead atoms. The van der Waals surface area contributed by atoms with Gasteiger partial charge in [-0.15, -0.1) is 0 Å². The van der Waals surface area contributed by atoms with Gasteiger partial charge in [0.05, 0.1) is 19.2 Å². The maximum Gasteiger partial charge on any atom is 0.269 e. The highest BCUT2D eigenvalue weighted by atomic mass is 127. The lowest BCUT2D eigenvalue weighted by Crippen LogP contribution is -2.13. The van der Waals surface area contributed by atoms with Crippen LogP contribution in [0.15, 0.2) is 72.3 Å². The largest absolute Gasteiger partial charge is 0.488 e. The molecular formula is C23H15ClIN3O4. The van der Waals surface area contributed by atoms with Gasteiger partial charge in [-0.05, 0) is 76.2 Å². The number of nitro benzene ring substituents is 1. The van der Waals surface area contributed by atoms with Gasteiger partial charge in [0, 0.05) is 12.1 Å². The second-order valence-electron chi connectivity index (χ2n) is 6.51. The fraction of sp³-hybridized carbons (Fsp3) is 0.0435. The number of rotatable bonds is 7. The first-order valence-corrected chi connectivity index (χ1v) is 10.7. The second-order valence-corrected chi connectivity index (χ2v) is 8.08. The normalized spacial score (nSPS) is 10.8. The third-order valence-corrected chi connectivity index (χ3v) is 5.47. The van der Waals surface area contributed by atoms with E-state index in [0.29, 0.717) is 22.0 Å².